The molecule has 3 heteroatoms. The third-order valence-corrected chi connectivity index (χ3v) is 3.84. The highest BCUT2D eigenvalue weighted by molar-refractivity contribution is 8.00. The SMILES string of the molecule is O=C(CSc1ccccc1)C1CCOCC1. The molecule has 0 radical (unpaired) electrons. The highest BCUT2D eigenvalue weighted by Crippen LogP contribution is 2.22. The van der Waals surface area contributed by atoms with Crippen molar-refractivity contribution in [1.29, 1.82) is 0 Å². The summed E-state index contributed by atoms with van der Waals surface area (Å²) in [5.41, 5.74) is 0. The third kappa shape index (κ3) is 3.35. The summed E-state index contributed by atoms with van der Waals surface area (Å²) in [5.74, 6) is 1.19. The minimum atomic E-state index is 0.227. The lowest BCUT2D eigenvalue weighted by Crippen LogP contribution is -2.24. The first kappa shape index (κ1) is 11.7. The van der Waals surface area contributed by atoms with E-state index in [2.05, 4.69) is 0 Å². The van der Waals surface area contributed by atoms with Crippen LogP contribution in [0.25, 0.3) is 0 Å². The van der Waals surface area contributed by atoms with Gasteiger partial charge < -0.3 is 4.74 Å². The van der Waals surface area contributed by atoms with Crippen LogP contribution in [0.1, 0.15) is 12.8 Å². The number of carbonyl (C=O) groups is 1. The standard InChI is InChI=1S/C13H16O2S/c14-13(11-6-8-15-9-7-11)10-16-12-4-2-1-3-5-12/h1-5,11H,6-10H2. The Morgan fingerprint density at radius 2 is 1.94 bits per heavy atom. The fourth-order valence-corrected chi connectivity index (χ4v) is 2.70. The number of carbonyl (C=O) groups excluding carboxylic acids is 1. The van der Waals surface area contributed by atoms with Crippen LogP contribution in [0.15, 0.2) is 35.2 Å². The van der Waals surface area contributed by atoms with Crippen molar-refractivity contribution in [2.75, 3.05) is 19.0 Å². The average molecular weight is 236 g/mol. The van der Waals surface area contributed by atoms with Gasteiger partial charge in [0.2, 0.25) is 0 Å². The number of ether oxygens (including phenoxy) is 1. The predicted molar refractivity (Wildman–Crippen MR) is 65.7 cm³/mol. The van der Waals surface area contributed by atoms with E-state index in [-0.39, 0.29) is 5.92 Å². The molecule has 0 aromatic heterocycles. The van der Waals surface area contributed by atoms with Gasteiger partial charge in [-0.1, -0.05) is 18.2 Å². The summed E-state index contributed by atoms with van der Waals surface area (Å²) in [6.07, 6.45) is 1.79. The third-order valence-electron chi connectivity index (χ3n) is 2.80. The highest BCUT2D eigenvalue weighted by atomic mass is 32.2. The van der Waals surface area contributed by atoms with Crippen LogP contribution < -0.4 is 0 Å². The molecule has 1 fully saturated rings. The molecule has 1 aliphatic heterocycles. The molecule has 1 aliphatic rings. The van der Waals surface area contributed by atoms with Gasteiger partial charge in [0.25, 0.3) is 0 Å². The molecule has 0 atom stereocenters. The summed E-state index contributed by atoms with van der Waals surface area (Å²) in [6.45, 7) is 1.48. The van der Waals surface area contributed by atoms with Crippen molar-refractivity contribution in [3.8, 4) is 0 Å². The number of ketones is 1. The molecule has 1 aromatic rings. The van der Waals surface area contributed by atoms with Gasteiger partial charge in [0, 0.05) is 24.0 Å². The molecule has 86 valence electrons. The molecule has 1 heterocycles. The van der Waals surface area contributed by atoms with Crippen molar-refractivity contribution in [2.24, 2.45) is 5.92 Å². The van der Waals surface area contributed by atoms with E-state index in [1.165, 1.54) is 4.90 Å². The second-order valence-electron chi connectivity index (χ2n) is 3.95. The summed E-state index contributed by atoms with van der Waals surface area (Å²) in [7, 11) is 0. The first-order valence-electron chi connectivity index (χ1n) is 5.64. The quantitative estimate of drug-likeness (QED) is 0.752. The number of hydrogen-bond donors (Lipinski definition) is 0. The minimum absolute atomic E-state index is 0.227. The Hall–Kier alpha value is -0.800. The Labute approximate surface area is 100 Å². The molecule has 0 amide bonds. The molecule has 16 heavy (non-hydrogen) atoms. The van der Waals surface area contributed by atoms with Gasteiger partial charge in [0.15, 0.2) is 0 Å². The Morgan fingerprint density at radius 3 is 2.62 bits per heavy atom. The van der Waals surface area contributed by atoms with Crippen LogP contribution >= 0.6 is 11.8 Å². The van der Waals surface area contributed by atoms with Crippen molar-refractivity contribution >= 4 is 17.5 Å². The van der Waals surface area contributed by atoms with E-state index in [0.29, 0.717) is 11.5 Å². The smallest absolute Gasteiger partial charge is 0.146 e. The van der Waals surface area contributed by atoms with Crippen molar-refractivity contribution in [2.45, 2.75) is 17.7 Å². The van der Waals surface area contributed by atoms with Crippen LogP contribution in [0, 0.1) is 5.92 Å². The summed E-state index contributed by atoms with van der Waals surface area (Å²) >= 11 is 1.63. The van der Waals surface area contributed by atoms with Crippen LogP contribution in [0.2, 0.25) is 0 Å². The highest BCUT2D eigenvalue weighted by Gasteiger charge is 2.21. The summed E-state index contributed by atoms with van der Waals surface area (Å²) in [6, 6.07) is 10.1. The van der Waals surface area contributed by atoms with Crippen LogP contribution in [-0.2, 0) is 9.53 Å². The zero-order valence-electron chi connectivity index (χ0n) is 9.22. The molecule has 0 spiro atoms. The topological polar surface area (TPSA) is 26.3 Å². The lowest BCUT2D eigenvalue weighted by molar-refractivity contribution is -0.123. The van der Waals surface area contributed by atoms with E-state index < -0.39 is 0 Å². The van der Waals surface area contributed by atoms with E-state index in [1.807, 2.05) is 30.3 Å². The molecule has 0 bridgehead atoms. The van der Waals surface area contributed by atoms with E-state index >= 15 is 0 Å². The molecule has 0 aliphatic carbocycles. The molecular formula is C13H16O2S. The van der Waals surface area contributed by atoms with Gasteiger partial charge in [-0.25, -0.2) is 0 Å². The monoisotopic (exact) mass is 236 g/mol. The second-order valence-corrected chi connectivity index (χ2v) is 5.00. The molecular weight excluding hydrogens is 220 g/mol. The average Bonchev–Trinajstić information content (AvgIpc) is 2.38. The van der Waals surface area contributed by atoms with E-state index in [4.69, 9.17) is 4.74 Å². The second kappa shape index (κ2) is 6.06. The Balaban J connectivity index is 1.79. The van der Waals surface area contributed by atoms with Gasteiger partial charge in [-0.15, -0.1) is 11.8 Å². The van der Waals surface area contributed by atoms with Gasteiger partial charge in [0.1, 0.15) is 5.78 Å². The normalized spacial score (nSPS) is 17.2. The zero-order valence-corrected chi connectivity index (χ0v) is 10.0. The van der Waals surface area contributed by atoms with Crippen LogP contribution in [-0.4, -0.2) is 24.7 Å². The largest absolute Gasteiger partial charge is 0.381 e. The van der Waals surface area contributed by atoms with Crippen molar-refractivity contribution < 1.29 is 9.53 Å². The lowest BCUT2D eigenvalue weighted by atomic mass is 9.96. The molecule has 1 aromatic carbocycles. The first-order chi connectivity index (χ1) is 7.86. The Bertz CT molecular complexity index is 331. The summed E-state index contributed by atoms with van der Waals surface area (Å²) in [4.78, 5) is 13.1. The number of benzene rings is 1. The fourth-order valence-electron chi connectivity index (χ4n) is 1.81. The van der Waals surface area contributed by atoms with Gasteiger partial charge in [-0.05, 0) is 25.0 Å². The Morgan fingerprint density at radius 1 is 1.25 bits per heavy atom. The summed E-state index contributed by atoms with van der Waals surface area (Å²) < 4.78 is 5.25. The maximum absolute atomic E-state index is 11.9. The first-order valence-corrected chi connectivity index (χ1v) is 6.63. The van der Waals surface area contributed by atoms with Crippen molar-refractivity contribution in [1.82, 2.24) is 0 Å². The summed E-state index contributed by atoms with van der Waals surface area (Å²) in [5, 5.41) is 0. The number of thioether (sulfide) groups is 1. The molecule has 2 rings (SSSR count). The van der Waals surface area contributed by atoms with Crippen molar-refractivity contribution in [3.63, 3.8) is 0 Å². The van der Waals surface area contributed by atoms with E-state index in [1.54, 1.807) is 11.8 Å². The molecule has 2 nitrogen and oxygen atoms in total. The molecule has 0 unspecified atom stereocenters. The number of rotatable bonds is 4. The maximum Gasteiger partial charge on any atom is 0.146 e. The molecule has 0 saturated carbocycles. The van der Waals surface area contributed by atoms with Gasteiger partial charge in [-0.3, -0.25) is 4.79 Å². The Kier molecular flexibility index (Phi) is 4.43. The van der Waals surface area contributed by atoms with Gasteiger partial charge in [0.05, 0.1) is 5.75 Å². The molecule has 1 saturated heterocycles. The minimum Gasteiger partial charge on any atom is -0.381 e. The van der Waals surface area contributed by atoms with Crippen LogP contribution in [0.4, 0.5) is 0 Å². The van der Waals surface area contributed by atoms with E-state index in [9.17, 15) is 4.79 Å². The van der Waals surface area contributed by atoms with Crippen LogP contribution in [0.5, 0.6) is 0 Å². The van der Waals surface area contributed by atoms with Gasteiger partial charge >= 0.3 is 0 Å². The van der Waals surface area contributed by atoms with Gasteiger partial charge in [-0.2, -0.15) is 0 Å². The predicted octanol–water partition coefficient (Wildman–Crippen LogP) is 2.77. The van der Waals surface area contributed by atoms with E-state index in [0.717, 1.165) is 26.1 Å². The zero-order chi connectivity index (χ0) is 11.2. The number of Topliss-reactive ketones (excluding diaryl/α,β-unsaturated/α-hetero) is 1. The van der Waals surface area contributed by atoms with Crippen LogP contribution in [0.3, 0.4) is 0 Å². The molecule has 0 N–H and O–H groups in total. The fraction of sp³-hybridized carbons (Fsp3) is 0.462. The maximum atomic E-state index is 11.9. The number of hydrogen-bond acceptors (Lipinski definition) is 3. The van der Waals surface area contributed by atoms with Crippen molar-refractivity contribution in [3.05, 3.63) is 30.3 Å². The lowest BCUT2D eigenvalue weighted by Gasteiger charge is -2.20.